The lowest BCUT2D eigenvalue weighted by Gasteiger charge is -2.20. The first kappa shape index (κ1) is 16.5. The van der Waals surface area contributed by atoms with E-state index < -0.39 is 0 Å². The summed E-state index contributed by atoms with van der Waals surface area (Å²) in [6.45, 7) is 5.73. The van der Waals surface area contributed by atoms with Crippen LogP contribution in [-0.2, 0) is 17.1 Å². The number of hydrogen-bond acceptors (Lipinski definition) is 7. The van der Waals surface area contributed by atoms with Gasteiger partial charge in [-0.3, -0.25) is 0 Å². The van der Waals surface area contributed by atoms with Crippen LogP contribution < -0.4 is 10.1 Å². The Hall–Kier alpha value is -1.38. The third-order valence-electron chi connectivity index (χ3n) is 3.17. The second-order valence-electron chi connectivity index (χ2n) is 5.60. The number of anilines is 1. The smallest absolute Gasteiger partial charge is 0.206 e. The van der Waals surface area contributed by atoms with E-state index in [-0.39, 0.29) is 12.6 Å². The molecule has 8 heteroatoms. The Morgan fingerprint density at radius 1 is 1.39 bits per heavy atom. The molecule has 0 amide bonds. The minimum absolute atomic E-state index is 0.207. The predicted molar refractivity (Wildman–Crippen MR) is 89.5 cm³/mol. The summed E-state index contributed by atoms with van der Waals surface area (Å²) in [5.74, 6) is 1.59. The number of benzene rings is 1. The number of hydrogen-bond donors (Lipinski definition) is 1. The fraction of sp³-hybridized carbons (Fsp3) is 0.467. The lowest BCUT2D eigenvalue weighted by Crippen LogP contribution is -2.13. The van der Waals surface area contributed by atoms with Gasteiger partial charge in [-0.25, -0.2) is 4.39 Å². The van der Waals surface area contributed by atoms with Crippen molar-refractivity contribution in [2.45, 2.75) is 30.5 Å². The molecule has 0 aliphatic carbocycles. The highest BCUT2D eigenvalue weighted by molar-refractivity contribution is 8.00. The topological polar surface area (TPSA) is 56.3 Å². The second-order valence-corrected chi connectivity index (χ2v) is 7.80. The van der Waals surface area contributed by atoms with Crippen LogP contribution in [-0.4, -0.2) is 23.5 Å². The number of nitrogens with one attached hydrogen (secondary N) is 1. The Kier molecular flexibility index (Phi) is 5.34. The maximum Gasteiger partial charge on any atom is 0.206 e. The Bertz CT molecular complexity index is 679. The molecular weight excluding hydrogens is 337 g/mol. The van der Waals surface area contributed by atoms with Crippen LogP contribution in [0.2, 0.25) is 0 Å². The Morgan fingerprint density at radius 2 is 2.26 bits per heavy atom. The van der Waals surface area contributed by atoms with Crippen LogP contribution in [0.1, 0.15) is 25.0 Å². The van der Waals surface area contributed by atoms with Crippen LogP contribution >= 0.6 is 23.1 Å². The fourth-order valence-corrected chi connectivity index (χ4v) is 3.86. The molecule has 0 radical (unpaired) electrons. The summed E-state index contributed by atoms with van der Waals surface area (Å²) in [4.78, 5) is 0. The largest absolute Gasteiger partial charge is 0.467 e. The molecule has 0 bridgehead atoms. The van der Waals surface area contributed by atoms with E-state index in [0.717, 1.165) is 32.9 Å². The van der Waals surface area contributed by atoms with Gasteiger partial charge in [0.25, 0.3) is 0 Å². The molecular formula is C15H18FN3O2S2. The van der Waals surface area contributed by atoms with Crippen LogP contribution in [0.5, 0.6) is 5.75 Å². The second kappa shape index (κ2) is 7.46. The molecule has 2 aromatic rings. The number of halogens is 1. The first-order valence-electron chi connectivity index (χ1n) is 7.34. The SMILES string of the molecule is CC(C)CNc1nnc(SCc2cc(F)cc3c2OCOC3)s1. The maximum absolute atomic E-state index is 13.7. The van der Waals surface area contributed by atoms with Crippen LogP contribution in [0.3, 0.4) is 0 Å². The van der Waals surface area contributed by atoms with Gasteiger partial charge >= 0.3 is 0 Å². The van der Waals surface area contributed by atoms with Crippen molar-refractivity contribution in [2.75, 3.05) is 18.7 Å². The average Bonchev–Trinajstić information content (AvgIpc) is 2.98. The van der Waals surface area contributed by atoms with Gasteiger partial charge in [-0.2, -0.15) is 0 Å². The van der Waals surface area contributed by atoms with Crippen molar-refractivity contribution in [3.05, 3.63) is 29.1 Å². The highest BCUT2D eigenvalue weighted by Crippen LogP contribution is 2.35. The van der Waals surface area contributed by atoms with Gasteiger partial charge in [0.1, 0.15) is 11.6 Å². The molecule has 0 saturated carbocycles. The van der Waals surface area contributed by atoms with E-state index in [1.807, 2.05) is 0 Å². The van der Waals surface area contributed by atoms with Gasteiger partial charge in [0.2, 0.25) is 5.13 Å². The molecule has 23 heavy (non-hydrogen) atoms. The van der Waals surface area contributed by atoms with Crippen molar-refractivity contribution in [3.63, 3.8) is 0 Å². The molecule has 0 unspecified atom stereocenters. The van der Waals surface area contributed by atoms with Crippen LogP contribution in [0.15, 0.2) is 16.5 Å². The fourth-order valence-electron chi connectivity index (χ4n) is 2.13. The molecule has 0 atom stereocenters. The zero-order valence-corrected chi connectivity index (χ0v) is 14.6. The summed E-state index contributed by atoms with van der Waals surface area (Å²) < 4.78 is 25.3. The number of rotatable bonds is 6. The van der Waals surface area contributed by atoms with E-state index in [1.54, 1.807) is 0 Å². The van der Waals surface area contributed by atoms with Crippen molar-refractivity contribution in [1.82, 2.24) is 10.2 Å². The molecule has 0 fully saturated rings. The van der Waals surface area contributed by atoms with Crippen molar-refractivity contribution in [2.24, 2.45) is 5.92 Å². The Balaban J connectivity index is 1.65. The normalized spacial score (nSPS) is 13.7. The number of nitrogens with zero attached hydrogens (tertiary/aromatic N) is 2. The number of thioether (sulfide) groups is 1. The molecule has 0 spiro atoms. The van der Waals surface area contributed by atoms with E-state index in [4.69, 9.17) is 9.47 Å². The van der Waals surface area contributed by atoms with E-state index >= 15 is 0 Å². The minimum atomic E-state index is -0.273. The van der Waals surface area contributed by atoms with Gasteiger partial charge in [-0.05, 0) is 18.1 Å². The van der Waals surface area contributed by atoms with E-state index in [2.05, 4.69) is 29.4 Å². The van der Waals surface area contributed by atoms with Gasteiger partial charge in [0.15, 0.2) is 11.1 Å². The molecule has 1 N–H and O–H groups in total. The van der Waals surface area contributed by atoms with Crippen LogP contribution in [0, 0.1) is 11.7 Å². The number of ether oxygens (including phenoxy) is 2. The zero-order chi connectivity index (χ0) is 16.2. The van der Waals surface area contributed by atoms with Gasteiger partial charge in [-0.15, -0.1) is 10.2 Å². The van der Waals surface area contributed by atoms with Crippen molar-refractivity contribution < 1.29 is 13.9 Å². The highest BCUT2D eigenvalue weighted by Gasteiger charge is 2.17. The standard InChI is InChI=1S/C15H18FN3O2S2/c1-9(2)5-17-14-18-19-15(23-14)22-7-11-4-12(16)3-10-6-20-8-21-13(10)11/h3-4,9H,5-8H2,1-2H3,(H,17,18). The van der Waals surface area contributed by atoms with E-state index in [1.165, 1.54) is 35.2 Å². The van der Waals surface area contributed by atoms with Gasteiger partial charge in [0, 0.05) is 23.4 Å². The molecule has 124 valence electrons. The molecule has 5 nitrogen and oxygen atoms in total. The highest BCUT2D eigenvalue weighted by atomic mass is 32.2. The average molecular weight is 355 g/mol. The number of aromatic nitrogens is 2. The first-order valence-corrected chi connectivity index (χ1v) is 9.14. The number of fused-ring (bicyclic) bond motifs is 1. The van der Waals surface area contributed by atoms with Gasteiger partial charge < -0.3 is 14.8 Å². The Morgan fingerprint density at radius 3 is 3.09 bits per heavy atom. The zero-order valence-electron chi connectivity index (χ0n) is 13.0. The van der Waals surface area contributed by atoms with Gasteiger partial charge in [-0.1, -0.05) is 36.9 Å². The monoisotopic (exact) mass is 355 g/mol. The maximum atomic E-state index is 13.7. The van der Waals surface area contributed by atoms with Crippen molar-refractivity contribution >= 4 is 28.2 Å². The molecule has 0 saturated heterocycles. The predicted octanol–water partition coefficient (Wildman–Crippen LogP) is 3.90. The van der Waals surface area contributed by atoms with E-state index in [0.29, 0.717) is 18.3 Å². The third kappa shape index (κ3) is 4.33. The molecule has 1 aromatic carbocycles. The summed E-state index contributed by atoms with van der Waals surface area (Å²) in [7, 11) is 0. The lowest BCUT2D eigenvalue weighted by molar-refractivity contribution is -0.0171. The summed E-state index contributed by atoms with van der Waals surface area (Å²) in [5.41, 5.74) is 1.57. The Labute approximate surface area is 142 Å². The summed E-state index contributed by atoms with van der Waals surface area (Å²) in [5, 5.41) is 12.3. The third-order valence-corrected chi connectivity index (χ3v) is 5.23. The summed E-state index contributed by atoms with van der Waals surface area (Å²) in [6, 6.07) is 2.97. The molecule has 1 aromatic heterocycles. The van der Waals surface area contributed by atoms with Crippen LogP contribution in [0.4, 0.5) is 9.52 Å². The lowest BCUT2D eigenvalue weighted by atomic mass is 10.1. The van der Waals surface area contributed by atoms with Gasteiger partial charge in [0.05, 0.1) is 6.61 Å². The molecule has 1 aliphatic heterocycles. The molecule has 2 heterocycles. The molecule has 1 aliphatic rings. The summed E-state index contributed by atoms with van der Waals surface area (Å²) in [6.07, 6.45) is 0. The molecule has 3 rings (SSSR count). The quantitative estimate of drug-likeness (QED) is 0.793. The van der Waals surface area contributed by atoms with E-state index in [9.17, 15) is 4.39 Å². The van der Waals surface area contributed by atoms with Crippen LogP contribution in [0.25, 0.3) is 0 Å². The minimum Gasteiger partial charge on any atom is -0.467 e. The van der Waals surface area contributed by atoms with Crippen molar-refractivity contribution in [3.8, 4) is 5.75 Å². The van der Waals surface area contributed by atoms with Crippen molar-refractivity contribution in [1.29, 1.82) is 0 Å². The summed E-state index contributed by atoms with van der Waals surface area (Å²) >= 11 is 3.03. The first-order chi connectivity index (χ1) is 11.1.